The van der Waals surface area contributed by atoms with Crippen molar-refractivity contribution in [2.75, 3.05) is 11.6 Å². The highest BCUT2D eigenvalue weighted by Crippen LogP contribution is 2.23. The second-order valence-electron chi connectivity index (χ2n) is 2.59. The van der Waals surface area contributed by atoms with E-state index in [1.54, 1.807) is 0 Å². The molecule has 0 aromatic heterocycles. The summed E-state index contributed by atoms with van der Waals surface area (Å²) in [5.41, 5.74) is 6.27. The first kappa shape index (κ1) is 10.8. The van der Waals surface area contributed by atoms with Gasteiger partial charge in [-0.05, 0) is 12.1 Å². The Morgan fingerprint density at radius 1 is 1.57 bits per heavy atom. The van der Waals surface area contributed by atoms with E-state index < -0.39 is 0 Å². The molecule has 0 spiro atoms. The lowest BCUT2D eigenvalue weighted by molar-refractivity contribution is 0.102. The minimum atomic E-state index is -0.310. The monoisotopic (exact) mass is 228 g/mol. The third kappa shape index (κ3) is 1.98. The summed E-state index contributed by atoms with van der Waals surface area (Å²) in [6, 6.07) is 4.59. The van der Waals surface area contributed by atoms with E-state index in [-0.39, 0.29) is 33.5 Å². The fourth-order valence-corrected chi connectivity index (χ4v) is 1.34. The van der Waals surface area contributed by atoms with E-state index in [9.17, 15) is 4.79 Å². The normalized spacial score (nSPS) is 9.50. The SMILES string of the molecule is N#Cc1cc(N)c(C(=O)CCl)cc1Cl. The molecule has 0 fully saturated rings. The van der Waals surface area contributed by atoms with E-state index in [1.165, 1.54) is 12.1 Å². The Morgan fingerprint density at radius 3 is 2.71 bits per heavy atom. The van der Waals surface area contributed by atoms with Gasteiger partial charge in [0.1, 0.15) is 6.07 Å². The molecule has 0 bridgehead atoms. The van der Waals surface area contributed by atoms with Gasteiger partial charge in [0, 0.05) is 11.3 Å². The number of benzene rings is 1. The minimum Gasteiger partial charge on any atom is -0.398 e. The van der Waals surface area contributed by atoms with Crippen LogP contribution in [0.4, 0.5) is 5.69 Å². The van der Waals surface area contributed by atoms with Crippen LogP contribution in [0.25, 0.3) is 0 Å². The minimum absolute atomic E-state index is 0.160. The highest BCUT2D eigenvalue weighted by atomic mass is 35.5. The molecule has 0 radical (unpaired) electrons. The molecular formula is C9H6Cl2N2O. The Kier molecular flexibility index (Phi) is 3.34. The number of nitriles is 1. The summed E-state index contributed by atoms with van der Waals surface area (Å²) in [6.45, 7) is 0. The van der Waals surface area contributed by atoms with Crippen LogP contribution in [-0.4, -0.2) is 11.7 Å². The first-order valence-corrected chi connectivity index (χ1v) is 4.59. The van der Waals surface area contributed by atoms with E-state index in [4.69, 9.17) is 34.2 Å². The summed E-state index contributed by atoms with van der Waals surface area (Å²) in [7, 11) is 0. The van der Waals surface area contributed by atoms with Gasteiger partial charge in [-0.25, -0.2) is 0 Å². The van der Waals surface area contributed by atoms with Crippen LogP contribution >= 0.6 is 23.2 Å². The van der Waals surface area contributed by atoms with Gasteiger partial charge in [-0.15, -0.1) is 11.6 Å². The average molecular weight is 229 g/mol. The Labute approximate surface area is 91.0 Å². The molecule has 0 saturated heterocycles. The van der Waals surface area contributed by atoms with Crippen molar-refractivity contribution in [3.63, 3.8) is 0 Å². The first-order valence-electron chi connectivity index (χ1n) is 3.68. The second-order valence-corrected chi connectivity index (χ2v) is 3.26. The standard InChI is InChI=1S/C9H6Cl2N2O/c10-3-9(14)6-2-7(11)5(4-12)1-8(6)13/h1-2H,3,13H2. The van der Waals surface area contributed by atoms with Crippen LogP contribution < -0.4 is 5.73 Å². The largest absolute Gasteiger partial charge is 0.398 e. The van der Waals surface area contributed by atoms with Crippen molar-refractivity contribution < 1.29 is 4.79 Å². The number of nitrogens with zero attached hydrogens (tertiary/aromatic N) is 1. The van der Waals surface area contributed by atoms with Gasteiger partial charge in [-0.1, -0.05) is 11.6 Å². The van der Waals surface area contributed by atoms with Gasteiger partial charge in [0.25, 0.3) is 0 Å². The lowest BCUT2D eigenvalue weighted by Gasteiger charge is -2.04. The zero-order valence-electron chi connectivity index (χ0n) is 7.05. The Bertz CT molecular complexity index is 424. The highest BCUT2D eigenvalue weighted by molar-refractivity contribution is 6.34. The number of hydrogen-bond acceptors (Lipinski definition) is 3. The van der Waals surface area contributed by atoms with Crippen molar-refractivity contribution in [1.82, 2.24) is 0 Å². The van der Waals surface area contributed by atoms with Crippen LogP contribution in [0.3, 0.4) is 0 Å². The quantitative estimate of drug-likeness (QED) is 0.480. The van der Waals surface area contributed by atoms with Crippen molar-refractivity contribution in [3.05, 3.63) is 28.3 Å². The number of Topliss-reactive ketones (excluding diaryl/α,β-unsaturated/α-hetero) is 1. The molecule has 0 unspecified atom stereocenters. The van der Waals surface area contributed by atoms with Gasteiger partial charge >= 0.3 is 0 Å². The average Bonchev–Trinajstić information content (AvgIpc) is 2.19. The maximum absolute atomic E-state index is 11.2. The van der Waals surface area contributed by atoms with Crippen molar-refractivity contribution in [1.29, 1.82) is 5.26 Å². The Morgan fingerprint density at radius 2 is 2.21 bits per heavy atom. The van der Waals surface area contributed by atoms with Crippen LogP contribution in [0.1, 0.15) is 15.9 Å². The molecule has 0 amide bonds. The van der Waals surface area contributed by atoms with Crippen molar-refractivity contribution in [2.45, 2.75) is 0 Å². The molecule has 0 aliphatic rings. The molecule has 1 rings (SSSR count). The second kappa shape index (κ2) is 4.32. The van der Waals surface area contributed by atoms with Gasteiger partial charge in [0.05, 0.1) is 16.5 Å². The molecule has 5 heteroatoms. The number of nitrogen functional groups attached to an aromatic ring is 1. The van der Waals surface area contributed by atoms with E-state index in [2.05, 4.69) is 0 Å². The maximum Gasteiger partial charge on any atom is 0.179 e. The molecule has 1 aromatic carbocycles. The predicted molar refractivity (Wildman–Crippen MR) is 55.6 cm³/mol. The zero-order valence-corrected chi connectivity index (χ0v) is 8.56. The summed E-state index contributed by atoms with van der Waals surface area (Å²) in [6.07, 6.45) is 0. The number of ketones is 1. The molecule has 2 N–H and O–H groups in total. The summed E-state index contributed by atoms with van der Waals surface area (Å²) in [5, 5.41) is 8.83. The molecule has 0 atom stereocenters. The highest BCUT2D eigenvalue weighted by Gasteiger charge is 2.11. The van der Waals surface area contributed by atoms with Crippen LogP contribution in [0, 0.1) is 11.3 Å². The number of carbonyl (C=O) groups excluding carboxylic acids is 1. The molecule has 0 aliphatic carbocycles. The zero-order chi connectivity index (χ0) is 10.7. The third-order valence-electron chi connectivity index (χ3n) is 1.68. The third-order valence-corrected chi connectivity index (χ3v) is 2.24. The number of anilines is 1. The van der Waals surface area contributed by atoms with Gasteiger partial charge in [0.15, 0.2) is 5.78 Å². The summed E-state index contributed by atoms with van der Waals surface area (Å²) in [4.78, 5) is 11.2. The van der Waals surface area contributed by atoms with Crippen LogP contribution in [0.5, 0.6) is 0 Å². The lowest BCUT2D eigenvalue weighted by atomic mass is 10.1. The van der Waals surface area contributed by atoms with Crippen LogP contribution in [-0.2, 0) is 0 Å². The molecule has 0 aliphatic heterocycles. The Balaban J connectivity index is 3.30. The molecule has 14 heavy (non-hydrogen) atoms. The maximum atomic E-state index is 11.2. The van der Waals surface area contributed by atoms with E-state index in [0.717, 1.165) is 0 Å². The summed E-state index contributed by atoms with van der Waals surface area (Å²) < 4.78 is 0. The molecule has 0 saturated carbocycles. The van der Waals surface area contributed by atoms with Gasteiger partial charge < -0.3 is 5.73 Å². The summed E-state index contributed by atoms with van der Waals surface area (Å²) in [5.74, 6) is -0.470. The number of hydrogen-bond donors (Lipinski definition) is 1. The summed E-state index contributed by atoms with van der Waals surface area (Å²) >= 11 is 11.1. The van der Waals surface area contributed by atoms with Gasteiger partial charge in [-0.2, -0.15) is 5.26 Å². The van der Waals surface area contributed by atoms with Crippen molar-refractivity contribution in [3.8, 4) is 6.07 Å². The predicted octanol–water partition coefficient (Wildman–Crippen LogP) is 2.22. The first-order chi connectivity index (χ1) is 6.60. The number of carbonyl (C=O) groups is 1. The fourth-order valence-electron chi connectivity index (χ4n) is 0.989. The molecule has 0 heterocycles. The van der Waals surface area contributed by atoms with Gasteiger partial charge in [0.2, 0.25) is 0 Å². The van der Waals surface area contributed by atoms with Crippen LogP contribution in [0.15, 0.2) is 12.1 Å². The number of rotatable bonds is 2. The Hall–Kier alpha value is -1.24. The number of nitrogens with two attached hydrogens (primary N) is 1. The molecule has 72 valence electrons. The number of halogens is 2. The number of alkyl halides is 1. The van der Waals surface area contributed by atoms with Crippen LogP contribution in [0.2, 0.25) is 5.02 Å². The lowest BCUT2D eigenvalue weighted by Crippen LogP contribution is -2.05. The van der Waals surface area contributed by atoms with E-state index >= 15 is 0 Å². The van der Waals surface area contributed by atoms with Crippen molar-refractivity contribution in [2.24, 2.45) is 0 Å². The molecule has 1 aromatic rings. The fraction of sp³-hybridized carbons (Fsp3) is 0.111. The molecule has 3 nitrogen and oxygen atoms in total. The smallest absolute Gasteiger partial charge is 0.179 e. The van der Waals surface area contributed by atoms with E-state index in [1.807, 2.05) is 6.07 Å². The molecular weight excluding hydrogens is 223 g/mol. The van der Waals surface area contributed by atoms with E-state index in [0.29, 0.717) is 0 Å². The topological polar surface area (TPSA) is 66.9 Å². The van der Waals surface area contributed by atoms with Crippen molar-refractivity contribution >= 4 is 34.7 Å². The van der Waals surface area contributed by atoms with Gasteiger partial charge in [-0.3, -0.25) is 4.79 Å².